The van der Waals surface area contributed by atoms with Crippen molar-refractivity contribution < 1.29 is 4.79 Å². The molecular formula is C29H23N7O. The second-order valence-electron chi connectivity index (χ2n) is 8.58. The lowest BCUT2D eigenvalue weighted by atomic mass is 9.95. The van der Waals surface area contributed by atoms with Gasteiger partial charge in [-0.2, -0.15) is 15.6 Å². The van der Waals surface area contributed by atoms with Crippen molar-refractivity contribution in [2.45, 2.75) is 12.7 Å². The molecule has 37 heavy (non-hydrogen) atoms. The summed E-state index contributed by atoms with van der Waals surface area (Å²) in [6.45, 7) is 0.0968. The van der Waals surface area contributed by atoms with Crippen molar-refractivity contribution in [2.75, 3.05) is 10.3 Å². The zero-order valence-electron chi connectivity index (χ0n) is 19.8. The summed E-state index contributed by atoms with van der Waals surface area (Å²) in [5, 5.41) is 29.8. The predicted octanol–water partition coefficient (Wildman–Crippen LogP) is 4.49. The van der Waals surface area contributed by atoms with Crippen LogP contribution in [0.1, 0.15) is 5.56 Å². The van der Waals surface area contributed by atoms with Crippen LogP contribution in [-0.2, 0) is 11.3 Å². The van der Waals surface area contributed by atoms with Gasteiger partial charge in [0, 0.05) is 28.4 Å². The van der Waals surface area contributed by atoms with Crippen LogP contribution in [0.4, 0.5) is 11.4 Å². The highest BCUT2D eigenvalue weighted by atomic mass is 16.1. The fraction of sp³-hybridized carbons (Fsp3) is 0.103. The van der Waals surface area contributed by atoms with Gasteiger partial charge in [-0.05, 0) is 36.4 Å². The molecule has 0 unspecified atom stereocenters. The minimum absolute atomic E-state index is 0.0968. The van der Waals surface area contributed by atoms with Crippen molar-refractivity contribution in [1.29, 1.82) is 10.5 Å². The average Bonchev–Trinajstić information content (AvgIpc) is 3.45. The monoisotopic (exact) mass is 485 g/mol. The molecule has 0 saturated heterocycles. The van der Waals surface area contributed by atoms with E-state index in [2.05, 4.69) is 22.6 Å². The largest absolute Gasteiger partial charge is 0.337 e. The van der Waals surface area contributed by atoms with Gasteiger partial charge in [-0.25, -0.2) is 5.01 Å². The van der Waals surface area contributed by atoms with Crippen LogP contribution in [0.5, 0.6) is 0 Å². The molecule has 2 heterocycles. The number of nitrogens with two attached hydrogens (primary N) is 1. The maximum absolute atomic E-state index is 12.7. The molecule has 0 aliphatic carbocycles. The van der Waals surface area contributed by atoms with E-state index >= 15 is 0 Å². The third-order valence-electron chi connectivity index (χ3n) is 6.18. The number of rotatable bonds is 6. The molecule has 1 aliphatic rings. The van der Waals surface area contributed by atoms with E-state index in [0.29, 0.717) is 5.71 Å². The number of aromatic nitrogens is 1. The van der Waals surface area contributed by atoms with E-state index < -0.39 is 12.1 Å². The van der Waals surface area contributed by atoms with Crippen LogP contribution < -0.4 is 16.1 Å². The van der Waals surface area contributed by atoms with E-state index in [9.17, 15) is 15.3 Å². The van der Waals surface area contributed by atoms with Crippen LogP contribution in [-0.4, -0.2) is 22.4 Å². The predicted molar refractivity (Wildman–Crippen MR) is 144 cm³/mol. The number of carbonyl (C=O) groups excluding carboxylic acids is 1. The second-order valence-corrected chi connectivity index (χ2v) is 8.58. The smallest absolute Gasteiger partial charge is 0.244 e. The van der Waals surface area contributed by atoms with Crippen LogP contribution >= 0.6 is 0 Å². The van der Waals surface area contributed by atoms with Gasteiger partial charge in [-0.3, -0.25) is 4.79 Å². The Labute approximate surface area is 214 Å². The first-order valence-corrected chi connectivity index (χ1v) is 11.7. The number of nitrogens with zero attached hydrogens (tertiary/aromatic N) is 5. The minimum atomic E-state index is -0.781. The maximum atomic E-state index is 12.7. The Hall–Kier alpha value is -5.18. The van der Waals surface area contributed by atoms with E-state index in [4.69, 9.17) is 5.73 Å². The maximum Gasteiger partial charge on any atom is 0.244 e. The molecule has 1 aromatic heterocycles. The SMILES string of the molecule is N#C/C(=C\c1cn(CC(=O)Nc2ccccc2)c2ccccc12)C1=NN(c2ccccc2)[C@H](N)[C@@H]1C#N. The molecule has 8 nitrogen and oxygen atoms in total. The Morgan fingerprint density at radius 3 is 2.38 bits per heavy atom. The number of fused-ring (bicyclic) bond motifs is 1. The standard InChI is InChI=1S/C29H23N7O/c30-16-20(28-25(17-31)29(32)36(34-28)23-11-5-2-6-12-23)15-21-18-35(26-14-8-7-13-24(21)26)19-27(37)33-22-9-3-1-4-10-22/h1-15,18,25,29H,19,32H2,(H,33,37)/b20-15+/t25-,29+/m1/s1. The zero-order chi connectivity index (χ0) is 25.8. The summed E-state index contributed by atoms with van der Waals surface area (Å²) >= 11 is 0. The average molecular weight is 486 g/mol. The number of nitrogens with one attached hydrogen (secondary N) is 1. The summed E-state index contributed by atoms with van der Waals surface area (Å²) in [6, 6.07) is 30.6. The molecule has 3 aromatic carbocycles. The van der Waals surface area contributed by atoms with Gasteiger partial charge in [0.15, 0.2) is 0 Å². The first kappa shape index (κ1) is 23.6. The van der Waals surface area contributed by atoms with Crippen molar-refractivity contribution in [1.82, 2.24) is 4.57 Å². The Morgan fingerprint density at radius 2 is 1.68 bits per heavy atom. The van der Waals surface area contributed by atoms with E-state index in [1.807, 2.05) is 95.7 Å². The highest BCUT2D eigenvalue weighted by Gasteiger charge is 2.37. The number of carbonyl (C=O) groups is 1. The number of benzene rings is 3. The Balaban J connectivity index is 1.50. The molecule has 0 fully saturated rings. The summed E-state index contributed by atoms with van der Waals surface area (Å²) in [4.78, 5) is 12.7. The van der Waals surface area contributed by atoms with Crippen molar-refractivity contribution in [2.24, 2.45) is 16.8 Å². The van der Waals surface area contributed by atoms with Crippen LogP contribution in [0.15, 0.2) is 102 Å². The van der Waals surface area contributed by atoms with Crippen molar-refractivity contribution in [3.8, 4) is 12.1 Å². The highest BCUT2D eigenvalue weighted by molar-refractivity contribution is 6.12. The topological polar surface area (TPSA) is 123 Å². The number of para-hydroxylation sites is 3. The molecule has 180 valence electrons. The normalized spacial score (nSPS) is 17.2. The summed E-state index contributed by atoms with van der Waals surface area (Å²) < 4.78 is 1.84. The van der Waals surface area contributed by atoms with Gasteiger partial charge in [0.05, 0.1) is 23.0 Å². The molecule has 4 aromatic rings. The first-order valence-electron chi connectivity index (χ1n) is 11.7. The number of allylic oxidation sites excluding steroid dienone is 1. The lowest BCUT2D eigenvalue weighted by molar-refractivity contribution is -0.116. The van der Waals surface area contributed by atoms with Crippen molar-refractivity contribution >= 4 is 40.0 Å². The summed E-state index contributed by atoms with van der Waals surface area (Å²) in [5.41, 5.74) is 9.97. The number of hydrazone groups is 1. The number of nitriles is 2. The molecular weight excluding hydrogens is 462 g/mol. The van der Waals surface area contributed by atoms with E-state index in [-0.39, 0.29) is 18.0 Å². The van der Waals surface area contributed by atoms with Gasteiger partial charge < -0.3 is 15.6 Å². The third kappa shape index (κ3) is 4.70. The van der Waals surface area contributed by atoms with Crippen LogP contribution in [0.3, 0.4) is 0 Å². The molecule has 5 rings (SSSR count). The van der Waals surface area contributed by atoms with Crippen LogP contribution in [0.2, 0.25) is 0 Å². The second kappa shape index (κ2) is 10.2. The quantitative estimate of drug-likeness (QED) is 0.390. The van der Waals surface area contributed by atoms with Gasteiger partial charge >= 0.3 is 0 Å². The summed E-state index contributed by atoms with van der Waals surface area (Å²) in [7, 11) is 0. The Bertz CT molecular complexity index is 1590. The molecule has 0 bridgehead atoms. The van der Waals surface area contributed by atoms with E-state index in [1.54, 1.807) is 11.1 Å². The van der Waals surface area contributed by atoms with Gasteiger partial charge in [0.25, 0.3) is 0 Å². The molecule has 1 amide bonds. The molecule has 0 spiro atoms. The molecule has 2 atom stereocenters. The highest BCUT2D eigenvalue weighted by Crippen LogP contribution is 2.30. The number of amides is 1. The Morgan fingerprint density at radius 1 is 1.00 bits per heavy atom. The Kier molecular flexibility index (Phi) is 6.50. The molecule has 8 heteroatoms. The zero-order valence-corrected chi connectivity index (χ0v) is 19.8. The fourth-order valence-corrected chi connectivity index (χ4v) is 4.43. The first-order chi connectivity index (χ1) is 18.1. The number of hydrogen-bond donors (Lipinski definition) is 2. The molecule has 0 radical (unpaired) electrons. The summed E-state index contributed by atoms with van der Waals surface area (Å²) in [6.07, 6.45) is 2.82. The third-order valence-corrected chi connectivity index (χ3v) is 6.18. The van der Waals surface area contributed by atoms with Gasteiger partial charge in [-0.15, -0.1) is 0 Å². The number of hydrogen-bond acceptors (Lipinski definition) is 6. The van der Waals surface area contributed by atoms with Crippen LogP contribution in [0, 0.1) is 28.6 Å². The molecule has 1 aliphatic heterocycles. The van der Waals surface area contributed by atoms with Crippen LogP contribution in [0.25, 0.3) is 17.0 Å². The number of anilines is 2. The fourth-order valence-electron chi connectivity index (χ4n) is 4.43. The van der Waals surface area contributed by atoms with Gasteiger partial charge in [-0.1, -0.05) is 54.6 Å². The minimum Gasteiger partial charge on any atom is -0.337 e. The lowest BCUT2D eigenvalue weighted by Gasteiger charge is -2.21. The summed E-state index contributed by atoms with van der Waals surface area (Å²) in [5.74, 6) is -0.951. The van der Waals surface area contributed by atoms with Gasteiger partial charge in [0.1, 0.15) is 24.7 Å². The van der Waals surface area contributed by atoms with E-state index in [0.717, 1.165) is 27.8 Å². The van der Waals surface area contributed by atoms with Crippen molar-refractivity contribution in [3.63, 3.8) is 0 Å². The molecule has 3 N–H and O–H groups in total. The van der Waals surface area contributed by atoms with Crippen molar-refractivity contribution in [3.05, 3.63) is 102 Å². The molecule has 0 saturated carbocycles. The lowest BCUT2D eigenvalue weighted by Crippen LogP contribution is -2.40. The van der Waals surface area contributed by atoms with Gasteiger partial charge in [0.2, 0.25) is 5.91 Å². The van der Waals surface area contributed by atoms with E-state index in [1.165, 1.54) is 0 Å².